The Bertz CT molecular complexity index is 615. The van der Waals surface area contributed by atoms with Gasteiger partial charge in [0.05, 0.1) is 4.92 Å². The van der Waals surface area contributed by atoms with Crippen LogP contribution in [0.1, 0.15) is 35.7 Å². The molecule has 1 N–H and O–H groups in total. The van der Waals surface area contributed by atoms with Crippen LogP contribution in [0.15, 0.2) is 18.2 Å². The van der Waals surface area contributed by atoms with Crippen molar-refractivity contribution in [3.8, 4) is 0 Å². The molecule has 1 heterocycles. The molecule has 0 saturated carbocycles. The van der Waals surface area contributed by atoms with Crippen LogP contribution in [0.5, 0.6) is 0 Å². The largest absolute Gasteiger partial charge is 0.348 e. The van der Waals surface area contributed by atoms with Crippen molar-refractivity contribution in [2.75, 3.05) is 13.1 Å². The Balaban J connectivity index is 2.04. The maximum atomic E-state index is 12.3. The van der Waals surface area contributed by atoms with E-state index in [0.29, 0.717) is 18.5 Å². The van der Waals surface area contributed by atoms with E-state index < -0.39 is 4.92 Å². The van der Waals surface area contributed by atoms with Gasteiger partial charge in [-0.15, -0.1) is 0 Å². The standard InChI is InChI=1S/C15H19N3O4/c1-10(9-17-8-4-7-14(17)19)16-15(20)12-5-3-6-13(11(12)2)18(21)22/h3,5-6,10H,4,7-9H2,1-2H3,(H,16,20)/t10-/m1/s1. The number of hydrogen-bond donors (Lipinski definition) is 1. The number of benzene rings is 1. The number of hydrogen-bond acceptors (Lipinski definition) is 4. The Labute approximate surface area is 128 Å². The van der Waals surface area contributed by atoms with E-state index in [-0.39, 0.29) is 29.1 Å². The van der Waals surface area contributed by atoms with E-state index in [9.17, 15) is 19.7 Å². The Morgan fingerprint density at radius 2 is 2.23 bits per heavy atom. The highest BCUT2D eigenvalue weighted by molar-refractivity contribution is 5.96. The van der Waals surface area contributed by atoms with Crippen LogP contribution in [-0.2, 0) is 4.79 Å². The number of amides is 2. The maximum Gasteiger partial charge on any atom is 0.273 e. The van der Waals surface area contributed by atoms with Gasteiger partial charge in [-0.1, -0.05) is 6.07 Å². The molecule has 1 aromatic rings. The molecule has 1 aliphatic rings. The minimum Gasteiger partial charge on any atom is -0.348 e. The summed E-state index contributed by atoms with van der Waals surface area (Å²) >= 11 is 0. The first kappa shape index (κ1) is 15.9. The molecule has 0 radical (unpaired) electrons. The lowest BCUT2D eigenvalue weighted by atomic mass is 10.1. The minimum atomic E-state index is -0.502. The molecule has 0 bridgehead atoms. The van der Waals surface area contributed by atoms with Gasteiger partial charge in [0.25, 0.3) is 11.6 Å². The monoisotopic (exact) mass is 305 g/mol. The highest BCUT2D eigenvalue weighted by Crippen LogP contribution is 2.21. The average molecular weight is 305 g/mol. The molecule has 1 aromatic carbocycles. The van der Waals surface area contributed by atoms with Crippen LogP contribution in [0.3, 0.4) is 0 Å². The third kappa shape index (κ3) is 3.41. The van der Waals surface area contributed by atoms with Gasteiger partial charge in [-0.05, 0) is 26.3 Å². The molecule has 1 atom stereocenters. The first-order valence-corrected chi connectivity index (χ1v) is 7.22. The number of rotatable bonds is 5. The Kier molecular flexibility index (Phi) is 4.75. The van der Waals surface area contributed by atoms with Crippen molar-refractivity contribution in [2.24, 2.45) is 0 Å². The van der Waals surface area contributed by atoms with Crippen molar-refractivity contribution in [2.45, 2.75) is 32.7 Å². The van der Waals surface area contributed by atoms with Crippen LogP contribution in [0.25, 0.3) is 0 Å². The average Bonchev–Trinajstić information content (AvgIpc) is 2.83. The quantitative estimate of drug-likeness (QED) is 0.661. The fourth-order valence-corrected chi connectivity index (χ4v) is 2.64. The third-order valence-corrected chi connectivity index (χ3v) is 3.79. The molecule has 0 aliphatic carbocycles. The third-order valence-electron chi connectivity index (χ3n) is 3.79. The van der Waals surface area contributed by atoms with Gasteiger partial charge in [0.1, 0.15) is 0 Å². The van der Waals surface area contributed by atoms with Gasteiger partial charge in [-0.25, -0.2) is 0 Å². The van der Waals surface area contributed by atoms with Gasteiger partial charge >= 0.3 is 0 Å². The predicted octanol–water partition coefficient (Wildman–Crippen LogP) is 1.64. The van der Waals surface area contributed by atoms with Crippen molar-refractivity contribution in [3.63, 3.8) is 0 Å². The van der Waals surface area contributed by atoms with Gasteiger partial charge in [-0.3, -0.25) is 19.7 Å². The number of nitro groups is 1. The van der Waals surface area contributed by atoms with E-state index >= 15 is 0 Å². The van der Waals surface area contributed by atoms with Crippen molar-refractivity contribution < 1.29 is 14.5 Å². The Morgan fingerprint density at radius 1 is 1.50 bits per heavy atom. The summed E-state index contributed by atoms with van der Waals surface area (Å²) < 4.78 is 0. The van der Waals surface area contributed by atoms with E-state index in [0.717, 1.165) is 13.0 Å². The lowest BCUT2D eigenvalue weighted by Gasteiger charge is -2.22. The fraction of sp³-hybridized carbons (Fsp3) is 0.467. The van der Waals surface area contributed by atoms with Gasteiger partial charge in [-0.2, -0.15) is 0 Å². The molecule has 0 unspecified atom stereocenters. The van der Waals surface area contributed by atoms with Crippen molar-refractivity contribution in [1.82, 2.24) is 10.2 Å². The van der Waals surface area contributed by atoms with Crippen LogP contribution in [0, 0.1) is 17.0 Å². The molecule has 2 rings (SSSR count). The molecule has 7 nitrogen and oxygen atoms in total. The number of nitro benzene ring substituents is 1. The molecule has 7 heteroatoms. The van der Waals surface area contributed by atoms with Crippen LogP contribution >= 0.6 is 0 Å². The number of likely N-dealkylation sites (tertiary alicyclic amines) is 1. The minimum absolute atomic E-state index is 0.0741. The SMILES string of the molecule is Cc1c(C(=O)N[C@H](C)CN2CCCC2=O)cccc1[N+](=O)[O-]. The van der Waals surface area contributed by atoms with E-state index in [1.807, 2.05) is 6.92 Å². The number of carbonyl (C=O) groups is 2. The molecule has 2 amide bonds. The second-order valence-electron chi connectivity index (χ2n) is 5.52. The summed E-state index contributed by atoms with van der Waals surface area (Å²) in [6.07, 6.45) is 1.41. The Hall–Kier alpha value is -2.44. The summed E-state index contributed by atoms with van der Waals surface area (Å²) in [5.74, 6) is -0.257. The van der Waals surface area contributed by atoms with Crippen LogP contribution in [0.4, 0.5) is 5.69 Å². The first-order chi connectivity index (χ1) is 10.4. The van der Waals surface area contributed by atoms with Crippen molar-refractivity contribution in [1.29, 1.82) is 0 Å². The molecule has 22 heavy (non-hydrogen) atoms. The van der Waals surface area contributed by atoms with Gasteiger partial charge < -0.3 is 10.2 Å². The van der Waals surface area contributed by atoms with Gasteiger partial charge in [0.15, 0.2) is 0 Å². The van der Waals surface area contributed by atoms with E-state index in [2.05, 4.69) is 5.32 Å². The first-order valence-electron chi connectivity index (χ1n) is 7.22. The number of nitrogens with one attached hydrogen (secondary N) is 1. The number of carbonyl (C=O) groups excluding carboxylic acids is 2. The highest BCUT2D eigenvalue weighted by atomic mass is 16.6. The molecule has 0 spiro atoms. The molecule has 1 fully saturated rings. The Morgan fingerprint density at radius 3 is 2.82 bits per heavy atom. The molecule has 118 valence electrons. The summed E-state index contributed by atoms with van der Waals surface area (Å²) in [7, 11) is 0. The second-order valence-corrected chi connectivity index (χ2v) is 5.52. The van der Waals surface area contributed by atoms with E-state index in [1.165, 1.54) is 12.1 Å². The summed E-state index contributed by atoms with van der Waals surface area (Å²) in [6.45, 7) is 4.55. The smallest absolute Gasteiger partial charge is 0.273 e. The normalized spacial score (nSPS) is 15.7. The van der Waals surface area contributed by atoms with Gasteiger partial charge in [0, 0.05) is 42.7 Å². The van der Waals surface area contributed by atoms with Crippen LogP contribution in [-0.4, -0.2) is 40.8 Å². The molecular formula is C15H19N3O4. The summed E-state index contributed by atoms with van der Waals surface area (Å²) in [6, 6.07) is 4.21. The van der Waals surface area contributed by atoms with Gasteiger partial charge in [0.2, 0.25) is 5.91 Å². The lowest BCUT2D eigenvalue weighted by molar-refractivity contribution is -0.385. The topological polar surface area (TPSA) is 92.6 Å². The summed E-state index contributed by atoms with van der Waals surface area (Å²) in [5.41, 5.74) is 0.554. The second kappa shape index (κ2) is 6.55. The molecule has 1 aliphatic heterocycles. The maximum absolute atomic E-state index is 12.3. The van der Waals surface area contributed by atoms with Crippen LogP contribution < -0.4 is 5.32 Å². The molecular weight excluding hydrogens is 286 g/mol. The molecule has 0 aromatic heterocycles. The zero-order valence-electron chi connectivity index (χ0n) is 12.7. The zero-order chi connectivity index (χ0) is 16.3. The highest BCUT2D eigenvalue weighted by Gasteiger charge is 2.23. The van der Waals surface area contributed by atoms with E-state index in [4.69, 9.17) is 0 Å². The van der Waals surface area contributed by atoms with Crippen molar-refractivity contribution >= 4 is 17.5 Å². The predicted molar refractivity (Wildman–Crippen MR) is 80.6 cm³/mol. The fourth-order valence-electron chi connectivity index (χ4n) is 2.64. The number of nitrogens with zero attached hydrogens (tertiary/aromatic N) is 2. The molecule has 1 saturated heterocycles. The summed E-state index contributed by atoms with van der Waals surface area (Å²) in [4.78, 5) is 36.0. The zero-order valence-corrected chi connectivity index (χ0v) is 12.7. The summed E-state index contributed by atoms with van der Waals surface area (Å²) in [5, 5.41) is 13.7. The van der Waals surface area contributed by atoms with Crippen molar-refractivity contribution in [3.05, 3.63) is 39.4 Å². The van der Waals surface area contributed by atoms with Crippen LogP contribution in [0.2, 0.25) is 0 Å². The van der Waals surface area contributed by atoms with E-state index in [1.54, 1.807) is 17.9 Å². The lowest BCUT2D eigenvalue weighted by Crippen LogP contribution is -2.42.